The molecule has 2 aromatic carbocycles. The maximum atomic E-state index is 12.9. The molecule has 0 radical (unpaired) electrons. The molecule has 3 aromatic rings. The molecule has 0 spiro atoms. The Morgan fingerprint density at radius 2 is 1.72 bits per heavy atom. The molecular formula is C32H35ClN4O2. The molecule has 3 aliphatic rings. The van der Waals surface area contributed by atoms with Crippen molar-refractivity contribution in [3.8, 4) is 11.1 Å². The van der Waals surface area contributed by atoms with Gasteiger partial charge in [-0.2, -0.15) is 0 Å². The van der Waals surface area contributed by atoms with E-state index in [0.717, 1.165) is 82.3 Å². The highest BCUT2D eigenvalue weighted by molar-refractivity contribution is 6.30. The first-order valence-corrected chi connectivity index (χ1v) is 14.5. The van der Waals surface area contributed by atoms with E-state index < -0.39 is 0 Å². The van der Waals surface area contributed by atoms with Crippen molar-refractivity contribution >= 4 is 23.4 Å². The summed E-state index contributed by atoms with van der Waals surface area (Å²) in [4.78, 5) is 34.1. The second-order valence-corrected chi connectivity index (χ2v) is 11.6. The van der Waals surface area contributed by atoms with Crippen LogP contribution in [0.4, 0.5) is 0 Å². The minimum Gasteiger partial charge on any atom is -0.348 e. The first-order chi connectivity index (χ1) is 19.0. The smallest absolute Gasteiger partial charge is 0.270 e. The lowest BCUT2D eigenvalue weighted by Crippen LogP contribution is -2.45. The van der Waals surface area contributed by atoms with E-state index >= 15 is 0 Å². The third-order valence-electron chi connectivity index (χ3n) is 8.52. The van der Waals surface area contributed by atoms with Gasteiger partial charge in [0.05, 0.1) is 0 Å². The van der Waals surface area contributed by atoms with Crippen LogP contribution in [0.1, 0.15) is 59.3 Å². The fraction of sp³-hybridized carbons (Fsp3) is 0.406. The summed E-state index contributed by atoms with van der Waals surface area (Å²) in [5, 5.41) is 3.89. The number of amides is 2. The number of aromatic nitrogens is 1. The first-order valence-electron chi connectivity index (χ1n) is 14.2. The second-order valence-electron chi connectivity index (χ2n) is 11.2. The van der Waals surface area contributed by atoms with Crippen LogP contribution in [-0.4, -0.2) is 58.3 Å². The predicted molar refractivity (Wildman–Crippen MR) is 154 cm³/mol. The van der Waals surface area contributed by atoms with Gasteiger partial charge in [0, 0.05) is 61.5 Å². The van der Waals surface area contributed by atoms with E-state index in [1.165, 1.54) is 16.7 Å². The van der Waals surface area contributed by atoms with Gasteiger partial charge in [-0.05, 0) is 79.0 Å². The summed E-state index contributed by atoms with van der Waals surface area (Å²) in [6.45, 7) is 4.01. The molecule has 39 heavy (non-hydrogen) atoms. The molecule has 2 fully saturated rings. The summed E-state index contributed by atoms with van der Waals surface area (Å²) in [7, 11) is 0. The number of halogens is 1. The van der Waals surface area contributed by atoms with Gasteiger partial charge < -0.3 is 10.2 Å². The van der Waals surface area contributed by atoms with Crippen molar-refractivity contribution in [2.24, 2.45) is 0 Å². The van der Waals surface area contributed by atoms with E-state index in [2.05, 4.69) is 38.3 Å². The van der Waals surface area contributed by atoms with Crippen molar-refractivity contribution in [2.75, 3.05) is 19.6 Å². The number of carbonyl (C=O) groups is 2. The third kappa shape index (κ3) is 6.02. The van der Waals surface area contributed by atoms with E-state index in [0.29, 0.717) is 22.7 Å². The fourth-order valence-corrected chi connectivity index (χ4v) is 6.46. The molecule has 6 nitrogen and oxygen atoms in total. The Labute approximate surface area is 235 Å². The number of fused-ring (bicyclic) bond motifs is 1. The number of piperidine rings is 1. The normalized spacial score (nSPS) is 20.2. The zero-order valence-electron chi connectivity index (χ0n) is 22.2. The van der Waals surface area contributed by atoms with E-state index in [1.807, 2.05) is 30.3 Å². The van der Waals surface area contributed by atoms with E-state index in [1.54, 1.807) is 12.3 Å². The zero-order valence-corrected chi connectivity index (χ0v) is 23.0. The van der Waals surface area contributed by atoms with Gasteiger partial charge in [0.2, 0.25) is 5.91 Å². The first kappa shape index (κ1) is 26.0. The van der Waals surface area contributed by atoms with E-state index in [-0.39, 0.29) is 11.9 Å². The standard InChI is InChI=1S/C32H35ClN4O2/c33-27-9-5-23(6-10-27)26-8-12-30(34-20-26)32(39)35-28-11-7-24-18-22(3-4-25(24)19-28)21-36-16-13-29(14-17-36)37-15-1-2-31(37)38/h3-6,8-10,12,18,20,28-29H,1-2,7,11,13-17,19,21H2,(H,35,39). The minimum absolute atomic E-state index is 0.112. The number of nitrogens with zero attached hydrogens (tertiary/aromatic N) is 3. The lowest BCUT2D eigenvalue weighted by atomic mass is 9.87. The summed E-state index contributed by atoms with van der Waals surface area (Å²) in [5.74, 6) is 0.225. The monoisotopic (exact) mass is 542 g/mol. The second kappa shape index (κ2) is 11.5. The number of pyridine rings is 1. The number of likely N-dealkylation sites (tertiary alicyclic amines) is 2. The Kier molecular flexibility index (Phi) is 7.67. The summed E-state index contributed by atoms with van der Waals surface area (Å²) in [6.07, 6.45) is 8.40. The molecule has 3 heterocycles. The fourth-order valence-electron chi connectivity index (χ4n) is 6.33. The maximum absolute atomic E-state index is 12.9. The predicted octanol–water partition coefficient (Wildman–Crippen LogP) is 5.28. The van der Waals surface area contributed by atoms with Gasteiger partial charge in [-0.3, -0.25) is 19.5 Å². The number of rotatable bonds is 6. The quantitative estimate of drug-likeness (QED) is 0.460. The van der Waals surface area contributed by atoms with E-state index in [4.69, 9.17) is 11.6 Å². The van der Waals surface area contributed by atoms with Crippen LogP contribution in [-0.2, 0) is 24.2 Å². The molecule has 2 aliphatic heterocycles. The van der Waals surface area contributed by atoms with Gasteiger partial charge in [0.1, 0.15) is 5.69 Å². The number of nitrogens with one attached hydrogen (secondary N) is 1. The molecule has 6 rings (SSSR count). The third-order valence-corrected chi connectivity index (χ3v) is 8.77. The van der Waals surface area contributed by atoms with Crippen molar-refractivity contribution in [1.29, 1.82) is 0 Å². The minimum atomic E-state index is -0.123. The molecule has 2 saturated heterocycles. The van der Waals surface area contributed by atoms with Gasteiger partial charge in [-0.15, -0.1) is 0 Å². The van der Waals surface area contributed by atoms with Crippen LogP contribution in [0.5, 0.6) is 0 Å². The van der Waals surface area contributed by atoms with Crippen molar-refractivity contribution in [3.05, 3.63) is 88.2 Å². The summed E-state index contributed by atoms with van der Waals surface area (Å²) in [5.41, 5.74) is 6.50. The summed E-state index contributed by atoms with van der Waals surface area (Å²) < 4.78 is 0. The molecule has 7 heteroatoms. The highest BCUT2D eigenvalue weighted by atomic mass is 35.5. The average molecular weight is 543 g/mol. The molecule has 1 atom stereocenters. The number of aryl methyl sites for hydroxylation is 1. The molecule has 1 unspecified atom stereocenters. The van der Waals surface area contributed by atoms with Crippen molar-refractivity contribution in [2.45, 2.75) is 63.6 Å². The molecule has 2 amide bonds. The Bertz CT molecular complexity index is 1330. The van der Waals surface area contributed by atoms with Gasteiger partial charge in [0.15, 0.2) is 0 Å². The zero-order chi connectivity index (χ0) is 26.8. The van der Waals surface area contributed by atoms with Crippen molar-refractivity contribution < 1.29 is 9.59 Å². The van der Waals surface area contributed by atoms with Crippen molar-refractivity contribution in [3.63, 3.8) is 0 Å². The Hall–Kier alpha value is -3.22. The van der Waals surface area contributed by atoms with Crippen LogP contribution in [0.25, 0.3) is 11.1 Å². The van der Waals surface area contributed by atoms with E-state index in [9.17, 15) is 9.59 Å². The van der Waals surface area contributed by atoms with Gasteiger partial charge in [-0.25, -0.2) is 0 Å². The average Bonchev–Trinajstić information content (AvgIpc) is 3.40. The van der Waals surface area contributed by atoms with Crippen LogP contribution in [0.2, 0.25) is 5.02 Å². The highest BCUT2D eigenvalue weighted by Crippen LogP contribution is 2.26. The summed E-state index contributed by atoms with van der Waals surface area (Å²) >= 11 is 5.98. The van der Waals surface area contributed by atoms with Crippen LogP contribution >= 0.6 is 11.6 Å². The SMILES string of the molecule is O=C(NC1CCc2cc(CN3CCC(N4CCCC4=O)CC3)ccc2C1)c1ccc(-c2ccc(Cl)cc2)cn1. The maximum Gasteiger partial charge on any atom is 0.270 e. The molecule has 1 N–H and O–H groups in total. The Morgan fingerprint density at radius 1 is 0.923 bits per heavy atom. The Balaban J connectivity index is 1.01. The molecule has 1 aliphatic carbocycles. The number of carbonyl (C=O) groups excluding carboxylic acids is 2. The highest BCUT2D eigenvalue weighted by Gasteiger charge is 2.30. The molecule has 0 bridgehead atoms. The lowest BCUT2D eigenvalue weighted by molar-refractivity contribution is -0.130. The number of hydrogen-bond donors (Lipinski definition) is 1. The largest absolute Gasteiger partial charge is 0.348 e. The lowest BCUT2D eigenvalue weighted by Gasteiger charge is -2.37. The van der Waals surface area contributed by atoms with Gasteiger partial charge >= 0.3 is 0 Å². The van der Waals surface area contributed by atoms with Crippen LogP contribution in [0.3, 0.4) is 0 Å². The molecule has 0 saturated carbocycles. The summed E-state index contributed by atoms with van der Waals surface area (Å²) in [6, 6.07) is 18.7. The topological polar surface area (TPSA) is 65.5 Å². The molecule has 1 aromatic heterocycles. The van der Waals surface area contributed by atoms with Crippen LogP contribution in [0.15, 0.2) is 60.8 Å². The van der Waals surface area contributed by atoms with Crippen molar-refractivity contribution in [1.82, 2.24) is 20.1 Å². The number of hydrogen-bond acceptors (Lipinski definition) is 4. The molecule has 202 valence electrons. The van der Waals surface area contributed by atoms with Crippen LogP contribution in [0, 0.1) is 0 Å². The van der Waals surface area contributed by atoms with Gasteiger partial charge in [-0.1, -0.05) is 48.0 Å². The molecular weight excluding hydrogens is 508 g/mol. The van der Waals surface area contributed by atoms with Crippen LogP contribution < -0.4 is 5.32 Å². The Morgan fingerprint density at radius 3 is 2.44 bits per heavy atom. The van der Waals surface area contributed by atoms with Gasteiger partial charge in [0.25, 0.3) is 5.91 Å². The number of benzene rings is 2.